The molecule has 0 aromatic heterocycles. The van der Waals surface area contributed by atoms with Crippen molar-refractivity contribution in [3.05, 3.63) is 46.8 Å². The highest BCUT2D eigenvalue weighted by molar-refractivity contribution is 6.31. The Morgan fingerprint density at radius 1 is 1.03 bits per heavy atom. The normalized spacial score (nSPS) is 30.0. The Morgan fingerprint density at radius 2 is 1.60 bits per heavy atom. The van der Waals surface area contributed by atoms with Gasteiger partial charge in [0.15, 0.2) is 22.8 Å². The van der Waals surface area contributed by atoms with Crippen molar-refractivity contribution in [3.63, 3.8) is 0 Å². The number of allylic oxidation sites excluding steroid dienone is 8. The van der Waals surface area contributed by atoms with Crippen molar-refractivity contribution in [1.82, 2.24) is 0 Å². The molecule has 35 heavy (non-hydrogen) atoms. The molecule has 0 spiro atoms. The molecule has 4 heteroatoms. The summed E-state index contributed by atoms with van der Waals surface area (Å²) in [4.78, 5) is 42.7. The van der Waals surface area contributed by atoms with Crippen LogP contribution in [0.1, 0.15) is 101 Å². The quantitative estimate of drug-likeness (QED) is 0.256. The van der Waals surface area contributed by atoms with Crippen molar-refractivity contribution in [2.45, 2.75) is 101 Å². The number of ketones is 3. The lowest BCUT2D eigenvalue weighted by Crippen LogP contribution is -2.69. The second-order valence-corrected chi connectivity index (χ2v) is 12.2. The van der Waals surface area contributed by atoms with E-state index < -0.39 is 22.0 Å². The zero-order chi connectivity index (χ0) is 26.8. The number of Topliss-reactive ketones (excluding diaryl/α,β-unsaturated/α-hetero) is 2. The Labute approximate surface area is 212 Å². The minimum absolute atomic E-state index is 0.0179. The third kappa shape index (κ3) is 5.17. The molecule has 2 aliphatic rings. The van der Waals surface area contributed by atoms with Gasteiger partial charge in [0.05, 0.1) is 5.41 Å². The summed E-state index contributed by atoms with van der Waals surface area (Å²) in [6.07, 6.45) is 10.3. The number of fused-ring (bicyclic) bond motifs is 2. The third-order valence-corrected chi connectivity index (χ3v) is 8.15. The van der Waals surface area contributed by atoms with Crippen LogP contribution in [-0.4, -0.2) is 22.5 Å². The smallest absolute Gasteiger partial charge is 0.180 e. The largest absolute Gasteiger partial charge is 0.511 e. The number of rotatable bonds is 10. The molecule has 0 heterocycles. The van der Waals surface area contributed by atoms with Crippen molar-refractivity contribution < 1.29 is 19.5 Å². The summed E-state index contributed by atoms with van der Waals surface area (Å²) < 4.78 is 0. The topological polar surface area (TPSA) is 71.4 Å². The molecule has 0 radical (unpaired) electrons. The van der Waals surface area contributed by atoms with Crippen LogP contribution in [0, 0.1) is 28.1 Å². The SMILES string of the molecule is CC(C)=CCC[C@]1(C)[C@@H](CC=C(C)C)C[C@@]2(CC=C(C)C)C(=O)[C@]1(C(=O)CC(C)C)C(=O)C=C2O. The first-order valence-corrected chi connectivity index (χ1v) is 13.1. The van der Waals surface area contributed by atoms with Gasteiger partial charge in [-0.1, -0.05) is 55.7 Å². The predicted octanol–water partition coefficient (Wildman–Crippen LogP) is 7.65. The molecule has 1 fully saturated rings. The molecule has 0 amide bonds. The maximum Gasteiger partial charge on any atom is 0.180 e. The van der Waals surface area contributed by atoms with Crippen LogP contribution in [0.5, 0.6) is 0 Å². The van der Waals surface area contributed by atoms with E-state index in [4.69, 9.17) is 0 Å². The second-order valence-electron chi connectivity index (χ2n) is 12.2. The van der Waals surface area contributed by atoms with E-state index in [1.807, 2.05) is 68.4 Å². The standard InChI is InChI=1S/C31H46O4/c1-20(2)11-10-15-29(9)24(13-12-21(3)4)19-30(16-14-22(5)6)25(32)18-27(34)31(29,28(30)35)26(33)17-23(7)8/h11-12,14,18,23-24,32H,10,13,15-17,19H2,1-9H3/t24-,29+,30+,31-/m0/s1. The van der Waals surface area contributed by atoms with Crippen LogP contribution < -0.4 is 0 Å². The molecule has 0 aromatic rings. The van der Waals surface area contributed by atoms with Gasteiger partial charge in [-0.3, -0.25) is 14.4 Å². The molecule has 2 bridgehead atoms. The molecule has 1 N–H and O–H groups in total. The van der Waals surface area contributed by atoms with Crippen LogP contribution in [0.4, 0.5) is 0 Å². The number of carbonyl (C=O) groups excluding carboxylic acids is 3. The van der Waals surface area contributed by atoms with Gasteiger partial charge in [0.1, 0.15) is 5.76 Å². The van der Waals surface area contributed by atoms with E-state index in [9.17, 15) is 19.5 Å². The summed E-state index contributed by atoms with van der Waals surface area (Å²) >= 11 is 0. The fraction of sp³-hybridized carbons (Fsp3) is 0.645. The van der Waals surface area contributed by atoms with Gasteiger partial charge in [-0.2, -0.15) is 0 Å². The number of hydrogen-bond donors (Lipinski definition) is 1. The fourth-order valence-corrected chi connectivity index (χ4v) is 6.19. The third-order valence-electron chi connectivity index (χ3n) is 8.15. The first kappa shape index (κ1) is 29.0. The van der Waals surface area contributed by atoms with Gasteiger partial charge in [-0.25, -0.2) is 0 Å². The molecule has 4 atom stereocenters. The molecule has 4 nitrogen and oxygen atoms in total. The lowest BCUT2D eigenvalue weighted by molar-refractivity contribution is -0.178. The lowest BCUT2D eigenvalue weighted by Gasteiger charge is -2.60. The molecule has 0 aromatic carbocycles. The van der Waals surface area contributed by atoms with Crippen molar-refractivity contribution in [2.24, 2.45) is 28.1 Å². The molecular weight excluding hydrogens is 436 g/mol. The van der Waals surface area contributed by atoms with E-state index in [0.717, 1.165) is 11.1 Å². The molecule has 0 unspecified atom stereocenters. The summed E-state index contributed by atoms with van der Waals surface area (Å²) in [7, 11) is 0. The van der Waals surface area contributed by atoms with Crippen LogP contribution in [0.15, 0.2) is 46.8 Å². The van der Waals surface area contributed by atoms with Gasteiger partial charge in [0, 0.05) is 12.5 Å². The van der Waals surface area contributed by atoms with Crippen LogP contribution in [-0.2, 0) is 14.4 Å². The van der Waals surface area contributed by atoms with Crippen molar-refractivity contribution in [2.75, 3.05) is 0 Å². The summed E-state index contributed by atoms with van der Waals surface area (Å²) in [5.41, 5.74) is -0.499. The average molecular weight is 483 g/mol. The summed E-state index contributed by atoms with van der Waals surface area (Å²) in [6.45, 7) is 17.9. The molecule has 2 aliphatic carbocycles. The molecule has 2 rings (SSSR count). The van der Waals surface area contributed by atoms with E-state index in [2.05, 4.69) is 12.2 Å². The number of carbonyl (C=O) groups is 3. The summed E-state index contributed by atoms with van der Waals surface area (Å²) in [6, 6.07) is 0. The molecular formula is C31H46O4. The van der Waals surface area contributed by atoms with Gasteiger partial charge in [-0.15, -0.1) is 0 Å². The Hall–Kier alpha value is -2.23. The predicted molar refractivity (Wildman–Crippen MR) is 143 cm³/mol. The number of hydrogen-bond acceptors (Lipinski definition) is 4. The Morgan fingerprint density at radius 3 is 2.11 bits per heavy atom. The van der Waals surface area contributed by atoms with E-state index in [0.29, 0.717) is 32.1 Å². The van der Waals surface area contributed by atoms with Crippen molar-refractivity contribution >= 4 is 17.3 Å². The summed E-state index contributed by atoms with van der Waals surface area (Å²) in [5.74, 6) is -1.46. The molecule has 0 saturated heterocycles. The van der Waals surface area contributed by atoms with Crippen molar-refractivity contribution in [3.8, 4) is 0 Å². The summed E-state index contributed by atoms with van der Waals surface area (Å²) in [5, 5.41) is 11.2. The highest BCUT2D eigenvalue weighted by atomic mass is 16.3. The fourth-order valence-electron chi connectivity index (χ4n) is 6.19. The van der Waals surface area contributed by atoms with E-state index in [1.165, 1.54) is 11.6 Å². The maximum atomic E-state index is 14.6. The number of aliphatic hydroxyl groups excluding tert-OH is 1. The van der Waals surface area contributed by atoms with E-state index in [1.54, 1.807) is 0 Å². The van der Waals surface area contributed by atoms with Gasteiger partial charge in [0.2, 0.25) is 0 Å². The first-order chi connectivity index (χ1) is 16.1. The second kappa shape index (κ2) is 10.8. The Kier molecular flexibility index (Phi) is 8.95. The van der Waals surface area contributed by atoms with Crippen LogP contribution in [0.25, 0.3) is 0 Å². The average Bonchev–Trinajstić information content (AvgIpc) is 2.71. The molecule has 194 valence electrons. The van der Waals surface area contributed by atoms with Gasteiger partial charge in [0.25, 0.3) is 0 Å². The van der Waals surface area contributed by atoms with Crippen LogP contribution >= 0.6 is 0 Å². The van der Waals surface area contributed by atoms with Gasteiger partial charge < -0.3 is 5.11 Å². The minimum atomic E-state index is -1.77. The zero-order valence-electron chi connectivity index (χ0n) is 23.4. The lowest BCUT2D eigenvalue weighted by atomic mass is 9.39. The Bertz CT molecular complexity index is 979. The Balaban J connectivity index is 2.90. The number of aliphatic hydroxyl groups is 1. The van der Waals surface area contributed by atoms with Crippen molar-refractivity contribution in [1.29, 1.82) is 0 Å². The minimum Gasteiger partial charge on any atom is -0.511 e. The highest BCUT2D eigenvalue weighted by Gasteiger charge is 2.74. The maximum absolute atomic E-state index is 14.6. The van der Waals surface area contributed by atoms with Gasteiger partial charge >= 0.3 is 0 Å². The first-order valence-electron chi connectivity index (χ1n) is 13.1. The van der Waals surface area contributed by atoms with E-state index in [-0.39, 0.29) is 35.6 Å². The molecule has 0 aliphatic heterocycles. The van der Waals surface area contributed by atoms with E-state index >= 15 is 0 Å². The highest BCUT2D eigenvalue weighted by Crippen LogP contribution is 2.66. The van der Waals surface area contributed by atoms with Crippen LogP contribution in [0.2, 0.25) is 0 Å². The molecule has 1 saturated carbocycles. The zero-order valence-corrected chi connectivity index (χ0v) is 23.4. The van der Waals surface area contributed by atoms with Crippen LogP contribution in [0.3, 0.4) is 0 Å². The monoisotopic (exact) mass is 482 g/mol. The van der Waals surface area contributed by atoms with Gasteiger partial charge in [-0.05, 0) is 90.9 Å².